The van der Waals surface area contributed by atoms with Crippen molar-refractivity contribution in [1.29, 1.82) is 0 Å². The van der Waals surface area contributed by atoms with E-state index < -0.39 is 0 Å². The minimum atomic E-state index is -0.182. The van der Waals surface area contributed by atoms with Crippen LogP contribution in [0.2, 0.25) is 0 Å². The largest absolute Gasteiger partial charge is 0.315 e. The molecule has 28 heavy (non-hydrogen) atoms. The number of halogens is 1. The maximum absolute atomic E-state index is 13.0. The topological polar surface area (TPSA) is 24.1 Å². The third-order valence-electron chi connectivity index (χ3n) is 4.93. The molecule has 0 aliphatic rings. The SMILES string of the molecule is Fc1ccc(CCNC(CNCCCc2ccccc2)c2ccccc2)cc1. The van der Waals surface area contributed by atoms with E-state index in [0.717, 1.165) is 44.5 Å². The van der Waals surface area contributed by atoms with Crippen LogP contribution in [0, 0.1) is 5.82 Å². The first-order chi connectivity index (χ1) is 13.8. The van der Waals surface area contributed by atoms with E-state index in [-0.39, 0.29) is 11.9 Å². The average Bonchev–Trinajstić information content (AvgIpc) is 2.75. The van der Waals surface area contributed by atoms with Gasteiger partial charge in [-0.25, -0.2) is 4.39 Å². The highest BCUT2D eigenvalue weighted by molar-refractivity contribution is 5.20. The molecule has 1 atom stereocenters. The van der Waals surface area contributed by atoms with Crippen molar-refractivity contribution in [3.8, 4) is 0 Å². The van der Waals surface area contributed by atoms with Crippen molar-refractivity contribution in [3.63, 3.8) is 0 Å². The fraction of sp³-hybridized carbons (Fsp3) is 0.280. The second-order valence-electron chi connectivity index (χ2n) is 7.09. The average molecular weight is 377 g/mol. The van der Waals surface area contributed by atoms with Crippen molar-refractivity contribution >= 4 is 0 Å². The minimum Gasteiger partial charge on any atom is -0.315 e. The number of hydrogen-bond acceptors (Lipinski definition) is 2. The van der Waals surface area contributed by atoms with Gasteiger partial charge in [0.2, 0.25) is 0 Å². The van der Waals surface area contributed by atoms with E-state index >= 15 is 0 Å². The van der Waals surface area contributed by atoms with Crippen LogP contribution in [0.15, 0.2) is 84.9 Å². The molecule has 0 heterocycles. The molecule has 0 saturated heterocycles. The van der Waals surface area contributed by atoms with E-state index in [0.29, 0.717) is 0 Å². The Hall–Kier alpha value is -2.49. The summed E-state index contributed by atoms with van der Waals surface area (Å²) in [6.07, 6.45) is 3.11. The summed E-state index contributed by atoms with van der Waals surface area (Å²) in [5.74, 6) is -0.182. The monoisotopic (exact) mass is 376 g/mol. The molecule has 0 spiro atoms. The van der Waals surface area contributed by atoms with Gasteiger partial charge in [-0.3, -0.25) is 0 Å². The summed E-state index contributed by atoms with van der Waals surface area (Å²) >= 11 is 0. The highest BCUT2D eigenvalue weighted by atomic mass is 19.1. The Morgan fingerprint density at radius 3 is 2.04 bits per heavy atom. The van der Waals surface area contributed by atoms with Gasteiger partial charge in [-0.1, -0.05) is 72.8 Å². The highest BCUT2D eigenvalue weighted by Crippen LogP contribution is 2.12. The maximum atomic E-state index is 13.0. The zero-order valence-corrected chi connectivity index (χ0v) is 16.3. The van der Waals surface area contributed by atoms with Gasteiger partial charge >= 0.3 is 0 Å². The second-order valence-corrected chi connectivity index (χ2v) is 7.09. The van der Waals surface area contributed by atoms with E-state index in [1.807, 2.05) is 18.2 Å². The lowest BCUT2D eigenvalue weighted by Crippen LogP contribution is -2.33. The van der Waals surface area contributed by atoms with Gasteiger partial charge < -0.3 is 10.6 Å². The molecule has 2 nitrogen and oxygen atoms in total. The highest BCUT2D eigenvalue weighted by Gasteiger charge is 2.10. The van der Waals surface area contributed by atoms with Crippen LogP contribution in [0.1, 0.15) is 29.2 Å². The second kappa shape index (κ2) is 11.4. The molecule has 0 radical (unpaired) electrons. The predicted molar refractivity (Wildman–Crippen MR) is 115 cm³/mol. The zero-order valence-electron chi connectivity index (χ0n) is 16.3. The van der Waals surface area contributed by atoms with Crippen molar-refractivity contribution in [2.45, 2.75) is 25.3 Å². The molecule has 0 fully saturated rings. The predicted octanol–water partition coefficient (Wildman–Crippen LogP) is 4.92. The van der Waals surface area contributed by atoms with Crippen molar-refractivity contribution in [3.05, 3.63) is 107 Å². The van der Waals surface area contributed by atoms with Crippen molar-refractivity contribution in [1.82, 2.24) is 10.6 Å². The molecule has 3 aromatic rings. The van der Waals surface area contributed by atoms with Crippen LogP contribution >= 0.6 is 0 Å². The molecule has 0 aliphatic carbocycles. The standard InChI is InChI=1S/C25H29FN2/c26-24-15-13-22(14-16-24)17-19-28-25(23-11-5-2-6-12-23)20-27-18-7-10-21-8-3-1-4-9-21/h1-6,8-9,11-16,25,27-28H,7,10,17-20H2. The third kappa shape index (κ3) is 6.91. The summed E-state index contributed by atoms with van der Waals surface area (Å²) in [6.45, 7) is 2.75. The number of nitrogens with one attached hydrogen (secondary N) is 2. The van der Waals surface area contributed by atoms with E-state index in [1.54, 1.807) is 0 Å². The number of hydrogen-bond donors (Lipinski definition) is 2. The Kier molecular flexibility index (Phi) is 8.23. The van der Waals surface area contributed by atoms with Gasteiger partial charge in [0.1, 0.15) is 5.82 Å². The van der Waals surface area contributed by atoms with Gasteiger partial charge in [0, 0.05) is 12.6 Å². The van der Waals surface area contributed by atoms with Crippen LogP contribution in [0.5, 0.6) is 0 Å². The zero-order chi connectivity index (χ0) is 19.4. The van der Waals surface area contributed by atoms with E-state index in [9.17, 15) is 4.39 Å². The first-order valence-electron chi connectivity index (χ1n) is 10.1. The minimum absolute atomic E-state index is 0.182. The quantitative estimate of drug-likeness (QED) is 0.464. The molecule has 146 valence electrons. The number of benzene rings is 3. The van der Waals surface area contributed by atoms with Crippen molar-refractivity contribution in [2.75, 3.05) is 19.6 Å². The van der Waals surface area contributed by atoms with Crippen molar-refractivity contribution < 1.29 is 4.39 Å². The van der Waals surface area contributed by atoms with Crippen LogP contribution < -0.4 is 10.6 Å². The summed E-state index contributed by atoms with van der Waals surface area (Å²) < 4.78 is 13.0. The fourth-order valence-electron chi connectivity index (χ4n) is 3.34. The molecule has 3 aromatic carbocycles. The molecule has 0 aromatic heterocycles. The van der Waals surface area contributed by atoms with Crippen LogP contribution in [0.3, 0.4) is 0 Å². The third-order valence-corrected chi connectivity index (χ3v) is 4.93. The number of rotatable bonds is 11. The van der Waals surface area contributed by atoms with E-state index in [2.05, 4.69) is 65.2 Å². The molecule has 0 aliphatic heterocycles. The first kappa shape index (κ1) is 20.2. The van der Waals surface area contributed by atoms with E-state index in [1.165, 1.54) is 23.3 Å². The number of aryl methyl sites for hydroxylation is 1. The van der Waals surface area contributed by atoms with Crippen LogP contribution in [-0.4, -0.2) is 19.6 Å². The van der Waals surface area contributed by atoms with Gasteiger partial charge in [0.05, 0.1) is 0 Å². The molecule has 0 amide bonds. The summed E-state index contributed by atoms with van der Waals surface area (Å²) in [7, 11) is 0. The van der Waals surface area contributed by atoms with Crippen LogP contribution in [-0.2, 0) is 12.8 Å². The summed E-state index contributed by atoms with van der Waals surface area (Å²) in [5.41, 5.74) is 3.83. The first-order valence-corrected chi connectivity index (χ1v) is 10.1. The van der Waals surface area contributed by atoms with Crippen molar-refractivity contribution in [2.24, 2.45) is 0 Å². The molecular formula is C25H29FN2. The summed E-state index contributed by atoms with van der Waals surface area (Å²) in [6, 6.07) is 28.2. The normalized spacial score (nSPS) is 12.0. The Labute approximate surface area is 167 Å². The molecule has 0 bridgehead atoms. The van der Waals surface area contributed by atoms with Gasteiger partial charge in [0.15, 0.2) is 0 Å². The smallest absolute Gasteiger partial charge is 0.123 e. The molecule has 3 rings (SSSR count). The van der Waals surface area contributed by atoms with Crippen LogP contribution in [0.4, 0.5) is 4.39 Å². The Morgan fingerprint density at radius 1 is 0.679 bits per heavy atom. The Balaban J connectivity index is 1.44. The lowest BCUT2D eigenvalue weighted by Gasteiger charge is -2.20. The lowest BCUT2D eigenvalue weighted by molar-refractivity contribution is 0.488. The van der Waals surface area contributed by atoms with Crippen LogP contribution in [0.25, 0.3) is 0 Å². The molecular weight excluding hydrogens is 347 g/mol. The molecule has 1 unspecified atom stereocenters. The van der Waals surface area contributed by atoms with Gasteiger partial charge in [-0.2, -0.15) is 0 Å². The Bertz CT molecular complexity index is 788. The molecule has 0 saturated carbocycles. The molecule has 2 N–H and O–H groups in total. The Morgan fingerprint density at radius 2 is 1.32 bits per heavy atom. The maximum Gasteiger partial charge on any atom is 0.123 e. The molecule has 3 heteroatoms. The lowest BCUT2D eigenvalue weighted by atomic mass is 10.1. The van der Waals surface area contributed by atoms with Gasteiger partial charge in [0.25, 0.3) is 0 Å². The van der Waals surface area contributed by atoms with Gasteiger partial charge in [-0.05, 0) is 61.2 Å². The fourth-order valence-corrected chi connectivity index (χ4v) is 3.34. The van der Waals surface area contributed by atoms with E-state index in [4.69, 9.17) is 0 Å². The summed E-state index contributed by atoms with van der Waals surface area (Å²) in [4.78, 5) is 0. The van der Waals surface area contributed by atoms with Gasteiger partial charge in [-0.15, -0.1) is 0 Å². The summed E-state index contributed by atoms with van der Waals surface area (Å²) in [5, 5.41) is 7.25.